The second kappa shape index (κ2) is 10.1. The number of hydrogen-bond donors (Lipinski definition) is 2. The second-order valence-electron chi connectivity index (χ2n) is 9.13. The number of fused-ring (bicyclic) bond motifs is 3. The Bertz CT molecular complexity index is 1100. The van der Waals surface area contributed by atoms with E-state index in [1.54, 1.807) is 15.9 Å². The molecule has 3 amide bonds. The topological polar surface area (TPSA) is 102 Å². The number of nitrogens with zero attached hydrogens (tertiary/aromatic N) is 2. The lowest BCUT2D eigenvalue weighted by Crippen LogP contribution is -2.44. The fourth-order valence-electron chi connectivity index (χ4n) is 5.07. The van der Waals surface area contributed by atoms with Gasteiger partial charge in [0, 0.05) is 17.5 Å². The Morgan fingerprint density at radius 2 is 1.94 bits per heavy atom. The maximum Gasteiger partial charge on any atom is 0.321 e. The van der Waals surface area contributed by atoms with Gasteiger partial charge in [-0.3, -0.25) is 19.5 Å². The highest BCUT2D eigenvalue weighted by Gasteiger charge is 2.25. The molecule has 33 heavy (non-hydrogen) atoms. The van der Waals surface area contributed by atoms with Gasteiger partial charge in [-0.1, -0.05) is 24.6 Å². The minimum absolute atomic E-state index is 0.0122. The van der Waals surface area contributed by atoms with E-state index in [2.05, 4.69) is 10.6 Å². The summed E-state index contributed by atoms with van der Waals surface area (Å²) in [5.74, 6) is -0.369. The Morgan fingerprint density at radius 1 is 1.12 bits per heavy atom. The molecule has 1 unspecified atom stereocenters. The van der Waals surface area contributed by atoms with Gasteiger partial charge in [0.1, 0.15) is 4.83 Å². The van der Waals surface area contributed by atoms with E-state index in [1.807, 2.05) is 0 Å². The molecule has 0 bridgehead atoms. The lowest BCUT2D eigenvalue weighted by atomic mass is 9.97. The van der Waals surface area contributed by atoms with E-state index in [9.17, 15) is 14.4 Å². The number of carbonyl (C=O) groups excluding carboxylic acids is 2. The van der Waals surface area contributed by atoms with Crippen molar-refractivity contribution in [1.29, 1.82) is 0 Å². The molecule has 0 aromatic carbocycles. The number of nitrogens with one attached hydrogen (secondary N) is 2. The van der Waals surface area contributed by atoms with E-state index in [1.165, 1.54) is 16.6 Å². The minimum Gasteiger partial charge on any atom is -0.376 e. The van der Waals surface area contributed by atoms with E-state index in [-0.39, 0.29) is 29.4 Å². The normalized spacial score (nSPS) is 20.8. The van der Waals surface area contributed by atoms with Crippen LogP contribution in [-0.2, 0) is 28.9 Å². The molecule has 2 fully saturated rings. The van der Waals surface area contributed by atoms with E-state index < -0.39 is 6.03 Å². The van der Waals surface area contributed by atoms with E-state index in [0.717, 1.165) is 80.0 Å². The number of imide groups is 1. The Balaban J connectivity index is 1.34. The first-order valence-electron chi connectivity index (χ1n) is 12.0. The van der Waals surface area contributed by atoms with Crippen LogP contribution >= 0.6 is 23.1 Å². The fraction of sp³-hybridized carbons (Fsp3) is 0.652. The van der Waals surface area contributed by atoms with E-state index in [0.29, 0.717) is 18.3 Å². The molecule has 3 heterocycles. The molecule has 8 nitrogen and oxygen atoms in total. The first-order valence-corrected chi connectivity index (χ1v) is 13.8. The molecule has 178 valence electrons. The first-order chi connectivity index (χ1) is 16.1. The van der Waals surface area contributed by atoms with Crippen LogP contribution in [0.15, 0.2) is 9.95 Å². The van der Waals surface area contributed by atoms with Crippen molar-refractivity contribution in [2.45, 2.75) is 88.1 Å². The van der Waals surface area contributed by atoms with Gasteiger partial charge in [0.05, 0.1) is 23.8 Å². The molecule has 0 spiro atoms. The van der Waals surface area contributed by atoms with Crippen molar-refractivity contribution in [2.75, 3.05) is 12.4 Å². The van der Waals surface area contributed by atoms with Gasteiger partial charge in [0.25, 0.3) is 5.56 Å². The van der Waals surface area contributed by atoms with Gasteiger partial charge in [0.15, 0.2) is 5.16 Å². The number of thioether (sulfide) groups is 1. The number of carbonyl (C=O) groups is 2. The molecule has 0 radical (unpaired) electrons. The summed E-state index contributed by atoms with van der Waals surface area (Å²) in [5, 5.41) is 6.55. The van der Waals surface area contributed by atoms with Crippen LogP contribution in [0, 0.1) is 0 Å². The summed E-state index contributed by atoms with van der Waals surface area (Å²) in [4.78, 5) is 45.0. The molecule has 2 aromatic rings. The Labute approximate surface area is 200 Å². The molecule has 1 aliphatic heterocycles. The molecular formula is C23H30N4O4S2. The largest absolute Gasteiger partial charge is 0.376 e. The predicted molar refractivity (Wildman–Crippen MR) is 129 cm³/mol. The zero-order valence-electron chi connectivity index (χ0n) is 18.7. The molecule has 2 N–H and O–H groups in total. The number of thiophene rings is 1. The quantitative estimate of drug-likeness (QED) is 0.475. The van der Waals surface area contributed by atoms with Gasteiger partial charge in [-0.2, -0.15) is 0 Å². The smallest absolute Gasteiger partial charge is 0.321 e. The third-order valence-electron chi connectivity index (χ3n) is 6.73. The van der Waals surface area contributed by atoms with Gasteiger partial charge in [0.2, 0.25) is 5.91 Å². The lowest BCUT2D eigenvalue weighted by molar-refractivity contribution is -0.117. The maximum absolute atomic E-state index is 13.6. The number of hydrogen-bond acceptors (Lipinski definition) is 7. The minimum atomic E-state index is -0.446. The van der Waals surface area contributed by atoms with Crippen molar-refractivity contribution >= 4 is 45.3 Å². The van der Waals surface area contributed by atoms with Crippen molar-refractivity contribution in [3.63, 3.8) is 0 Å². The molecule has 3 aliphatic rings. The van der Waals surface area contributed by atoms with E-state index in [4.69, 9.17) is 9.72 Å². The first kappa shape index (κ1) is 22.9. The summed E-state index contributed by atoms with van der Waals surface area (Å²) in [6.45, 7) is 1.16. The highest BCUT2D eigenvalue weighted by molar-refractivity contribution is 7.99. The summed E-state index contributed by atoms with van der Waals surface area (Å²) in [6, 6.07) is -0.297. The van der Waals surface area contributed by atoms with Crippen LogP contribution in [0.2, 0.25) is 0 Å². The summed E-state index contributed by atoms with van der Waals surface area (Å²) in [5.41, 5.74) is 1.13. The molecule has 2 aromatic heterocycles. The summed E-state index contributed by atoms with van der Waals surface area (Å²) < 4.78 is 7.48. The van der Waals surface area contributed by atoms with Crippen molar-refractivity contribution in [2.24, 2.45) is 0 Å². The maximum atomic E-state index is 13.6. The molecule has 10 heteroatoms. The van der Waals surface area contributed by atoms with Crippen LogP contribution in [0.1, 0.15) is 61.8 Å². The third kappa shape index (κ3) is 5.12. The van der Waals surface area contributed by atoms with Crippen LogP contribution < -0.4 is 16.2 Å². The van der Waals surface area contributed by atoms with Gasteiger partial charge < -0.3 is 10.1 Å². The van der Waals surface area contributed by atoms with Gasteiger partial charge >= 0.3 is 6.03 Å². The van der Waals surface area contributed by atoms with Crippen LogP contribution in [0.5, 0.6) is 0 Å². The van der Waals surface area contributed by atoms with Crippen molar-refractivity contribution in [1.82, 2.24) is 20.2 Å². The summed E-state index contributed by atoms with van der Waals surface area (Å²) >= 11 is 2.82. The molecule has 1 atom stereocenters. The standard InChI is InChI=1S/C23H30N4O4S2/c28-18(25-22(30)24-14-6-1-2-7-14)13-32-23-26-20-19(16-9-3-4-10-17(16)33-20)21(29)27(23)12-15-8-5-11-31-15/h14-15H,1-13H2,(H2,24,25,28,30). The summed E-state index contributed by atoms with van der Waals surface area (Å²) in [7, 11) is 0. The van der Waals surface area contributed by atoms with Crippen molar-refractivity contribution in [3.05, 3.63) is 20.8 Å². The molecule has 5 rings (SSSR count). The van der Waals surface area contributed by atoms with E-state index >= 15 is 0 Å². The third-order valence-corrected chi connectivity index (χ3v) is 8.89. The second-order valence-corrected chi connectivity index (χ2v) is 11.2. The van der Waals surface area contributed by atoms with Gasteiger partial charge in [-0.15, -0.1) is 11.3 Å². The molecular weight excluding hydrogens is 460 g/mol. The number of rotatable bonds is 6. The molecule has 1 saturated heterocycles. The summed E-state index contributed by atoms with van der Waals surface area (Å²) in [6.07, 6.45) is 10.2. The Hall–Kier alpha value is -1.91. The molecule has 2 aliphatic carbocycles. The SMILES string of the molecule is O=C(CSc1nc2sc3c(c2c(=O)n1CC1CCCO1)CCCC3)NC(=O)NC1CCCC1. The zero-order valence-corrected chi connectivity index (χ0v) is 20.3. The van der Waals surface area contributed by atoms with Crippen molar-refractivity contribution in [3.8, 4) is 0 Å². The van der Waals surface area contributed by atoms with Crippen LogP contribution in [0.25, 0.3) is 10.2 Å². The Morgan fingerprint density at radius 3 is 2.73 bits per heavy atom. The fourth-order valence-corrected chi connectivity index (χ4v) is 7.18. The van der Waals surface area contributed by atoms with Gasteiger partial charge in [-0.25, -0.2) is 9.78 Å². The highest BCUT2D eigenvalue weighted by atomic mass is 32.2. The number of urea groups is 1. The zero-order chi connectivity index (χ0) is 22.8. The average Bonchev–Trinajstić information content (AvgIpc) is 3.55. The Kier molecular flexibility index (Phi) is 7.03. The predicted octanol–water partition coefficient (Wildman–Crippen LogP) is 3.38. The average molecular weight is 491 g/mol. The number of aryl methyl sites for hydroxylation is 2. The number of aromatic nitrogens is 2. The number of amides is 3. The number of ether oxygens (including phenoxy) is 1. The highest BCUT2D eigenvalue weighted by Crippen LogP contribution is 2.35. The lowest BCUT2D eigenvalue weighted by Gasteiger charge is -2.16. The van der Waals surface area contributed by atoms with Crippen LogP contribution in [0.4, 0.5) is 4.79 Å². The van der Waals surface area contributed by atoms with Crippen molar-refractivity contribution < 1.29 is 14.3 Å². The monoisotopic (exact) mass is 490 g/mol. The van der Waals surface area contributed by atoms with Crippen LogP contribution in [-0.4, -0.2) is 46.0 Å². The van der Waals surface area contributed by atoms with Crippen LogP contribution in [0.3, 0.4) is 0 Å². The van der Waals surface area contributed by atoms with Gasteiger partial charge in [-0.05, 0) is 56.9 Å². The molecule has 1 saturated carbocycles.